The number of rotatable bonds is 7. The first-order valence-corrected chi connectivity index (χ1v) is 11.3. The number of hydrogen-bond acceptors (Lipinski definition) is 6. The minimum absolute atomic E-state index is 0.0127. The smallest absolute Gasteiger partial charge is 0.258 e. The number of benzene rings is 2. The number of nitrogens with one attached hydrogen (secondary N) is 2. The molecule has 33 heavy (non-hydrogen) atoms. The Morgan fingerprint density at radius 3 is 2.61 bits per heavy atom. The number of hydrogen-bond donors (Lipinski definition) is 2. The van der Waals surface area contributed by atoms with Crippen LogP contribution >= 0.6 is 11.8 Å². The molecule has 0 aliphatic rings. The van der Waals surface area contributed by atoms with Crippen molar-refractivity contribution in [2.75, 3.05) is 0 Å². The van der Waals surface area contributed by atoms with Gasteiger partial charge in [0.1, 0.15) is 11.6 Å². The number of aromatic amines is 1. The van der Waals surface area contributed by atoms with Gasteiger partial charge in [0, 0.05) is 6.04 Å². The molecule has 0 bridgehead atoms. The summed E-state index contributed by atoms with van der Waals surface area (Å²) in [5.74, 6) is -0.0186. The summed E-state index contributed by atoms with van der Waals surface area (Å²) in [5.41, 5.74) is 0.415. The number of halogens is 1. The Balaban J connectivity index is 1.54. The monoisotopic (exact) mass is 466 g/mol. The third kappa shape index (κ3) is 4.80. The zero-order valence-corrected chi connectivity index (χ0v) is 19.2. The molecule has 8 nitrogen and oxygen atoms in total. The number of carbonyl (C=O) groups excluding carboxylic acids is 1. The molecule has 2 N–H and O–H groups in total. The Labute approximate surface area is 193 Å². The van der Waals surface area contributed by atoms with Gasteiger partial charge >= 0.3 is 0 Å². The molecule has 4 rings (SSSR count). The van der Waals surface area contributed by atoms with Crippen LogP contribution in [0.1, 0.15) is 54.1 Å². The number of thioether (sulfide) groups is 1. The lowest BCUT2D eigenvalue weighted by Gasteiger charge is -2.16. The maximum atomic E-state index is 13.9. The van der Waals surface area contributed by atoms with Crippen LogP contribution in [0.15, 0.2) is 58.5 Å². The van der Waals surface area contributed by atoms with Gasteiger partial charge in [0.2, 0.25) is 0 Å². The second kappa shape index (κ2) is 9.53. The van der Waals surface area contributed by atoms with Crippen molar-refractivity contribution in [3.8, 4) is 0 Å². The van der Waals surface area contributed by atoms with E-state index in [1.165, 1.54) is 30.0 Å². The van der Waals surface area contributed by atoms with Gasteiger partial charge in [0.05, 0.1) is 28.3 Å². The molecule has 2 aromatic carbocycles. The average Bonchev–Trinajstić information content (AvgIpc) is 3.20. The molecule has 4 aromatic rings. The molecule has 170 valence electrons. The van der Waals surface area contributed by atoms with Crippen molar-refractivity contribution in [1.82, 2.24) is 30.0 Å². The van der Waals surface area contributed by atoms with Crippen molar-refractivity contribution in [1.29, 1.82) is 0 Å². The minimum atomic E-state index is -0.581. The minimum Gasteiger partial charge on any atom is -0.345 e. The number of para-hydroxylation sites is 1. The van der Waals surface area contributed by atoms with E-state index in [2.05, 4.69) is 25.5 Å². The zero-order valence-electron chi connectivity index (χ0n) is 18.4. The van der Waals surface area contributed by atoms with E-state index in [1.807, 2.05) is 31.4 Å². The lowest BCUT2D eigenvalue weighted by atomic mass is 10.2. The quantitative estimate of drug-likeness (QED) is 0.399. The van der Waals surface area contributed by atoms with Crippen molar-refractivity contribution in [3.05, 3.63) is 81.9 Å². The first-order valence-electron chi connectivity index (χ1n) is 10.5. The number of aromatic nitrogens is 5. The molecular formula is C23H23FN6O2S. The van der Waals surface area contributed by atoms with Crippen LogP contribution in [0, 0.1) is 5.82 Å². The van der Waals surface area contributed by atoms with Gasteiger partial charge in [-0.3, -0.25) is 9.59 Å². The van der Waals surface area contributed by atoms with E-state index < -0.39 is 11.7 Å². The predicted octanol–water partition coefficient (Wildman–Crippen LogP) is 4.02. The second-order valence-corrected chi connectivity index (χ2v) is 9.06. The maximum Gasteiger partial charge on any atom is 0.258 e. The van der Waals surface area contributed by atoms with Crippen molar-refractivity contribution in [2.45, 2.75) is 43.8 Å². The largest absolute Gasteiger partial charge is 0.345 e. The third-order valence-corrected chi connectivity index (χ3v) is 6.14. The summed E-state index contributed by atoms with van der Waals surface area (Å²) in [7, 11) is 0. The highest BCUT2D eigenvalue weighted by molar-refractivity contribution is 7.99. The van der Waals surface area contributed by atoms with E-state index in [0.717, 1.165) is 0 Å². The van der Waals surface area contributed by atoms with Crippen LogP contribution in [0.3, 0.4) is 0 Å². The molecule has 2 heterocycles. The highest BCUT2D eigenvalue weighted by Gasteiger charge is 2.21. The molecule has 1 amide bonds. The Bertz CT molecular complexity index is 1370. The van der Waals surface area contributed by atoms with Gasteiger partial charge in [-0.25, -0.2) is 9.37 Å². The summed E-state index contributed by atoms with van der Waals surface area (Å²) >= 11 is 1.41. The van der Waals surface area contributed by atoms with E-state index in [1.54, 1.807) is 24.3 Å². The Hall–Kier alpha value is -3.53. The first-order chi connectivity index (χ1) is 15.8. The molecular weight excluding hydrogens is 443 g/mol. The number of H-pyrrole nitrogens is 1. The third-order valence-electron chi connectivity index (χ3n) is 5.08. The Morgan fingerprint density at radius 2 is 1.85 bits per heavy atom. The van der Waals surface area contributed by atoms with Crippen LogP contribution in [-0.4, -0.2) is 30.6 Å². The fourth-order valence-corrected chi connectivity index (χ4v) is 4.50. The highest BCUT2D eigenvalue weighted by atomic mass is 32.2. The molecule has 0 fully saturated rings. The van der Waals surface area contributed by atoms with Gasteiger partial charge < -0.3 is 14.9 Å². The molecule has 0 saturated heterocycles. The van der Waals surface area contributed by atoms with Crippen LogP contribution in [0.2, 0.25) is 0 Å². The van der Waals surface area contributed by atoms with Gasteiger partial charge in [-0.1, -0.05) is 36.0 Å². The van der Waals surface area contributed by atoms with Crippen LogP contribution in [0.5, 0.6) is 0 Å². The summed E-state index contributed by atoms with van der Waals surface area (Å²) in [6.07, 6.45) is 0. The van der Waals surface area contributed by atoms with Gasteiger partial charge in [0.15, 0.2) is 11.0 Å². The molecule has 0 spiro atoms. The summed E-state index contributed by atoms with van der Waals surface area (Å²) in [4.78, 5) is 32.2. The molecule has 0 saturated carbocycles. The fraction of sp³-hybridized carbons (Fsp3) is 0.261. The van der Waals surface area contributed by atoms with Crippen molar-refractivity contribution >= 4 is 28.6 Å². The van der Waals surface area contributed by atoms with Crippen molar-refractivity contribution in [2.24, 2.45) is 0 Å². The maximum absolute atomic E-state index is 13.9. The van der Waals surface area contributed by atoms with E-state index in [-0.39, 0.29) is 29.0 Å². The molecule has 10 heteroatoms. The predicted molar refractivity (Wildman–Crippen MR) is 125 cm³/mol. The SMILES string of the molecule is CC(C)n1c(CNC(=O)c2ccccc2F)nnc1S[C@H](C)c1nc2ccccc2c(=O)[nH]1. The molecule has 0 aliphatic carbocycles. The summed E-state index contributed by atoms with van der Waals surface area (Å²) < 4.78 is 15.8. The van der Waals surface area contributed by atoms with Crippen LogP contribution < -0.4 is 10.9 Å². The normalized spacial score (nSPS) is 12.3. The van der Waals surface area contributed by atoms with Crippen LogP contribution in [0.4, 0.5) is 4.39 Å². The summed E-state index contributed by atoms with van der Waals surface area (Å²) in [6, 6.07) is 13.0. The molecule has 1 atom stereocenters. The first kappa shape index (κ1) is 22.7. The number of amides is 1. The molecule has 0 aliphatic heterocycles. The molecule has 2 aromatic heterocycles. The highest BCUT2D eigenvalue weighted by Crippen LogP contribution is 2.33. The van der Waals surface area contributed by atoms with Gasteiger partial charge in [-0.2, -0.15) is 0 Å². The van der Waals surface area contributed by atoms with Crippen LogP contribution in [-0.2, 0) is 6.54 Å². The van der Waals surface area contributed by atoms with E-state index in [9.17, 15) is 14.0 Å². The summed E-state index contributed by atoms with van der Waals surface area (Å²) in [6.45, 7) is 5.99. The Kier molecular flexibility index (Phi) is 6.55. The summed E-state index contributed by atoms with van der Waals surface area (Å²) in [5, 5.41) is 12.2. The standard InChI is InChI=1S/C23H23FN6O2S/c1-13(2)30-19(12-25-21(31)15-8-4-6-10-17(15)24)28-29-23(30)33-14(3)20-26-18-11-7-5-9-16(18)22(32)27-20/h4-11,13-14H,12H2,1-3H3,(H,25,31)(H,26,27,32)/t14-/m1/s1. The average molecular weight is 467 g/mol. The number of carbonyl (C=O) groups is 1. The van der Waals surface area contributed by atoms with E-state index >= 15 is 0 Å². The molecule has 0 unspecified atom stereocenters. The number of nitrogens with zero attached hydrogens (tertiary/aromatic N) is 4. The lowest BCUT2D eigenvalue weighted by Crippen LogP contribution is -2.26. The van der Waals surface area contributed by atoms with Crippen molar-refractivity contribution in [3.63, 3.8) is 0 Å². The zero-order chi connectivity index (χ0) is 23.5. The van der Waals surface area contributed by atoms with Gasteiger partial charge in [-0.05, 0) is 45.0 Å². The van der Waals surface area contributed by atoms with Crippen LogP contribution in [0.25, 0.3) is 10.9 Å². The topological polar surface area (TPSA) is 106 Å². The van der Waals surface area contributed by atoms with E-state index in [0.29, 0.717) is 27.7 Å². The van der Waals surface area contributed by atoms with Crippen molar-refractivity contribution < 1.29 is 9.18 Å². The van der Waals surface area contributed by atoms with Gasteiger partial charge in [0.25, 0.3) is 11.5 Å². The van der Waals surface area contributed by atoms with E-state index in [4.69, 9.17) is 0 Å². The fourth-order valence-electron chi connectivity index (χ4n) is 3.44. The Morgan fingerprint density at radius 1 is 1.12 bits per heavy atom. The van der Waals surface area contributed by atoms with Gasteiger partial charge in [-0.15, -0.1) is 10.2 Å². The molecule has 0 radical (unpaired) electrons. The lowest BCUT2D eigenvalue weighted by molar-refractivity contribution is 0.0945. The number of fused-ring (bicyclic) bond motifs is 1. The second-order valence-electron chi connectivity index (χ2n) is 7.75.